The minimum atomic E-state index is -1.17. The molecule has 0 unspecified atom stereocenters. The van der Waals surface area contributed by atoms with Crippen LogP contribution in [0.1, 0.15) is 43.6 Å². The molecule has 3 heterocycles. The van der Waals surface area contributed by atoms with Gasteiger partial charge in [-0.3, -0.25) is 4.90 Å². The number of carbonyl (C=O) groups is 2. The van der Waals surface area contributed by atoms with Crippen molar-refractivity contribution in [1.29, 1.82) is 0 Å². The molecule has 11 nitrogen and oxygen atoms in total. The Kier molecular flexibility index (Phi) is 6.70. The lowest BCUT2D eigenvalue weighted by Gasteiger charge is -2.25. The summed E-state index contributed by atoms with van der Waals surface area (Å²) in [4.78, 5) is 30.6. The second-order valence-electron chi connectivity index (χ2n) is 9.68. The van der Waals surface area contributed by atoms with Crippen LogP contribution in [0.3, 0.4) is 0 Å². The standard InChI is InChI=1S/C25H30N6O5/c1-15(26)13-35-14-16-6-7-17-8-9-30(19(17)10-16)20-11-21(29(5)24(34)36-25(2,3)4)31-22(28-20)18(12-27-31)23(32)33/h6-12,15H,13-14,26H2,1-5H3,(H,32,33)/t15-/m1/s1. The number of hydrogen-bond acceptors (Lipinski definition) is 7. The normalized spacial score (nSPS) is 12.7. The molecule has 4 aromatic rings. The van der Waals surface area contributed by atoms with Crippen LogP contribution in [-0.4, -0.2) is 61.6 Å². The van der Waals surface area contributed by atoms with Crippen LogP contribution in [0.2, 0.25) is 0 Å². The number of fused-ring (bicyclic) bond motifs is 2. The molecule has 3 N–H and O–H groups in total. The largest absolute Gasteiger partial charge is 0.477 e. The predicted molar refractivity (Wildman–Crippen MR) is 135 cm³/mol. The van der Waals surface area contributed by atoms with Gasteiger partial charge in [0.2, 0.25) is 0 Å². The Morgan fingerprint density at radius 2 is 1.97 bits per heavy atom. The Morgan fingerprint density at radius 3 is 2.64 bits per heavy atom. The van der Waals surface area contributed by atoms with Gasteiger partial charge in [0.05, 0.1) is 24.9 Å². The van der Waals surface area contributed by atoms with E-state index in [1.165, 1.54) is 22.7 Å². The number of anilines is 1. The highest BCUT2D eigenvalue weighted by Gasteiger charge is 2.25. The molecule has 36 heavy (non-hydrogen) atoms. The number of benzene rings is 1. The topological polar surface area (TPSA) is 137 Å². The SMILES string of the molecule is C[C@@H](N)COCc1ccc2ccn(-c3cc(N(C)C(=O)OC(C)(C)C)n4ncc(C(=O)O)c4n3)c2c1. The predicted octanol–water partition coefficient (Wildman–Crippen LogP) is 3.61. The molecule has 0 radical (unpaired) electrons. The Morgan fingerprint density at radius 1 is 1.22 bits per heavy atom. The second-order valence-corrected chi connectivity index (χ2v) is 9.68. The molecule has 0 fully saturated rings. The fraction of sp³-hybridized carbons (Fsp3) is 0.360. The van der Waals surface area contributed by atoms with E-state index >= 15 is 0 Å². The Balaban J connectivity index is 1.83. The van der Waals surface area contributed by atoms with Crippen LogP contribution in [-0.2, 0) is 16.1 Å². The molecule has 0 spiro atoms. The lowest BCUT2D eigenvalue weighted by Crippen LogP contribution is -2.35. The van der Waals surface area contributed by atoms with Crippen LogP contribution < -0.4 is 10.6 Å². The van der Waals surface area contributed by atoms with Gasteiger partial charge in [0.25, 0.3) is 0 Å². The molecule has 190 valence electrons. The van der Waals surface area contributed by atoms with E-state index in [1.54, 1.807) is 26.8 Å². The lowest BCUT2D eigenvalue weighted by atomic mass is 10.2. The summed E-state index contributed by atoms with van der Waals surface area (Å²) in [5.74, 6) is -0.457. The molecule has 1 aromatic carbocycles. The van der Waals surface area contributed by atoms with Crippen LogP contribution in [0.4, 0.5) is 10.6 Å². The van der Waals surface area contributed by atoms with Crippen molar-refractivity contribution >= 4 is 34.4 Å². The molecule has 0 aliphatic carbocycles. The maximum Gasteiger partial charge on any atom is 0.415 e. The minimum Gasteiger partial charge on any atom is -0.477 e. The number of nitrogens with two attached hydrogens (primary N) is 1. The molecule has 0 bridgehead atoms. The average Bonchev–Trinajstić information content (AvgIpc) is 3.40. The van der Waals surface area contributed by atoms with Crippen LogP contribution >= 0.6 is 0 Å². The zero-order chi connectivity index (χ0) is 26.2. The first-order valence-corrected chi connectivity index (χ1v) is 11.5. The summed E-state index contributed by atoms with van der Waals surface area (Å²) in [7, 11) is 1.54. The van der Waals surface area contributed by atoms with Crippen molar-refractivity contribution in [1.82, 2.24) is 19.2 Å². The number of carboxylic acid groups (broad SMARTS) is 1. The summed E-state index contributed by atoms with van der Waals surface area (Å²) in [6.45, 7) is 8.02. The van der Waals surface area contributed by atoms with E-state index in [9.17, 15) is 14.7 Å². The molecule has 1 atom stereocenters. The van der Waals surface area contributed by atoms with E-state index in [0.29, 0.717) is 24.8 Å². The van der Waals surface area contributed by atoms with Gasteiger partial charge in [0.15, 0.2) is 5.65 Å². The summed E-state index contributed by atoms with van der Waals surface area (Å²) in [6.07, 6.45) is 2.44. The number of carboxylic acids is 1. The third-order valence-corrected chi connectivity index (χ3v) is 5.33. The van der Waals surface area contributed by atoms with E-state index in [1.807, 2.05) is 42.0 Å². The monoisotopic (exact) mass is 494 g/mol. The number of hydrogen-bond donors (Lipinski definition) is 2. The van der Waals surface area contributed by atoms with Crippen molar-refractivity contribution < 1.29 is 24.2 Å². The number of rotatable bonds is 7. The van der Waals surface area contributed by atoms with Gasteiger partial charge >= 0.3 is 12.1 Å². The maximum atomic E-state index is 12.8. The molecule has 3 aromatic heterocycles. The molecule has 11 heteroatoms. The van der Waals surface area contributed by atoms with Crippen molar-refractivity contribution in [2.24, 2.45) is 5.73 Å². The first-order valence-electron chi connectivity index (χ1n) is 11.5. The number of carbonyl (C=O) groups excluding carboxylic acids is 1. The van der Waals surface area contributed by atoms with Gasteiger partial charge in [0, 0.05) is 30.7 Å². The Hall–Kier alpha value is -3.96. The van der Waals surface area contributed by atoms with Gasteiger partial charge in [-0.15, -0.1) is 0 Å². The molecule has 1 amide bonds. The van der Waals surface area contributed by atoms with E-state index < -0.39 is 17.7 Å². The van der Waals surface area contributed by atoms with Crippen molar-refractivity contribution in [2.75, 3.05) is 18.6 Å². The molecule has 0 aliphatic heterocycles. The van der Waals surface area contributed by atoms with E-state index in [2.05, 4.69) is 10.1 Å². The van der Waals surface area contributed by atoms with Gasteiger partial charge in [-0.25, -0.2) is 14.6 Å². The van der Waals surface area contributed by atoms with Crippen LogP contribution in [0, 0.1) is 0 Å². The zero-order valence-corrected chi connectivity index (χ0v) is 20.9. The molecule has 0 aliphatic rings. The number of aromatic carboxylic acids is 1. The molecular formula is C25H30N6O5. The molecule has 0 saturated carbocycles. The summed E-state index contributed by atoms with van der Waals surface area (Å²) in [6, 6.07) is 9.46. The summed E-state index contributed by atoms with van der Waals surface area (Å²) >= 11 is 0. The maximum absolute atomic E-state index is 12.8. The van der Waals surface area contributed by atoms with Gasteiger partial charge in [-0.1, -0.05) is 12.1 Å². The van der Waals surface area contributed by atoms with Crippen LogP contribution in [0.25, 0.3) is 22.4 Å². The Bertz CT molecular complexity index is 1430. The fourth-order valence-corrected chi connectivity index (χ4v) is 3.70. The molecule has 0 saturated heterocycles. The third-order valence-electron chi connectivity index (χ3n) is 5.33. The Labute approximate surface area is 208 Å². The number of ether oxygens (including phenoxy) is 2. The van der Waals surface area contributed by atoms with Crippen molar-refractivity contribution in [2.45, 2.75) is 45.9 Å². The van der Waals surface area contributed by atoms with Crippen molar-refractivity contribution in [3.8, 4) is 5.82 Å². The lowest BCUT2D eigenvalue weighted by molar-refractivity contribution is 0.0587. The van der Waals surface area contributed by atoms with Gasteiger partial charge in [-0.05, 0) is 45.4 Å². The third kappa shape index (κ3) is 5.16. The first-order chi connectivity index (χ1) is 16.9. The van der Waals surface area contributed by atoms with Gasteiger partial charge < -0.3 is 24.9 Å². The summed E-state index contributed by atoms with van der Waals surface area (Å²) < 4.78 is 14.3. The van der Waals surface area contributed by atoms with Crippen LogP contribution in [0.5, 0.6) is 0 Å². The molecule has 4 rings (SSSR count). The second kappa shape index (κ2) is 9.59. The number of amides is 1. The van der Waals surface area contributed by atoms with Gasteiger partial charge in [0.1, 0.15) is 22.8 Å². The molecular weight excluding hydrogens is 464 g/mol. The highest BCUT2D eigenvalue weighted by molar-refractivity contribution is 5.95. The first kappa shape index (κ1) is 25.1. The highest BCUT2D eigenvalue weighted by Crippen LogP contribution is 2.26. The van der Waals surface area contributed by atoms with Crippen LogP contribution in [0.15, 0.2) is 42.7 Å². The zero-order valence-electron chi connectivity index (χ0n) is 20.9. The average molecular weight is 495 g/mol. The van der Waals surface area contributed by atoms with Gasteiger partial charge in [-0.2, -0.15) is 9.61 Å². The summed E-state index contributed by atoms with van der Waals surface area (Å²) in [5.41, 5.74) is 6.86. The van der Waals surface area contributed by atoms with Crippen molar-refractivity contribution in [3.63, 3.8) is 0 Å². The number of nitrogens with zero attached hydrogens (tertiary/aromatic N) is 5. The minimum absolute atomic E-state index is 0.0620. The highest BCUT2D eigenvalue weighted by atomic mass is 16.6. The van der Waals surface area contributed by atoms with Crippen molar-refractivity contribution in [3.05, 3.63) is 53.9 Å². The van der Waals surface area contributed by atoms with E-state index in [0.717, 1.165) is 16.5 Å². The summed E-state index contributed by atoms with van der Waals surface area (Å²) in [5, 5.41) is 14.8. The quantitative estimate of drug-likeness (QED) is 0.397. The number of aromatic nitrogens is 4. The van der Waals surface area contributed by atoms with E-state index in [4.69, 9.17) is 15.2 Å². The fourth-order valence-electron chi connectivity index (χ4n) is 3.70. The van der Waals surface area contributed by atoms with E-state index in [-0.39, 0.29) is 17.3 Å². The smallest absolute Gasteiger partial charge is 0.415 e.